The number of rotatable bonds is 5. The first kappa shape index (κ1) is 15.5. The second kappa shape index (κ2) is 5.88. The first-order valence-corrected chi connectivity index (χ1v) is 7.64. The summed E-state index contributed by atoms with van der Waals surface area (Å²) in [5.41, 5.74) is 1.12. The third kappa shape index (κ3) is 2.80. The van der Waals surface area contributed by atoms with Gasteiger partial charge in [0.2, 0.25) is 0 Å². The van der Waals surface area contributed by atoms with Gasteiger partial charge in [0.05, 0.1) is 0 Å². The number of urea groups is 1. The van der Waals surface area contributed by atoms with Crippen LogP contribution in [-0.4, -0.2) is 23.4 Å². The number of hydrogen-bond donors (Lipinski definition) is 1. The Hall–Kier alpha value is -1.84. The molecule has 0 aromatic heterocycles. The lowest BCUT2D eigenvalue weighted by molar-refractivity contribution is -0.131. The van der Waals surface area contributed by atoms with Crippen molar-refractivity contribution in [3.63, 3.8) is 0 Å². The molecule has 3 amide bonds. The van der Waals surface area contributed by atoms with E-state index in [4.69, 9.17) is 0 Å². The van der Waals surface area contributed by atoms with Crippen molar-refractivity contribution in [3.05, 3.63) is 35.4 Å². The summed E-state index contributed by atoms with van der Waals surface area (Å²) < 4.78 is 0. The molecule has 1 heterocycles. The summed E-state index contributed by atoms with van der Waals surface area (Å²) in [6.07, 6.45) is 1.79. The van der Waals surface area contributed by atoms with Crippen LogP contribution in [0.4, 0.5) is 4.79 Å². The number of benzene rings is 1. The van der Waals surface area contributed by atoms with Crippen LogP contribution >= 0.6 is 0 Å². The van der Waals surface area contributed by atoms with Gasteiger partial charge in [0.25, 0.3) is 5.91 Å². The van der Waals surface area contributed by atoms with Gasteiger partial charge in [-0.3, -0.25) is 9.69 Å². The standard InChI is InChI=1S/C17H24N2O2/c1-5-6-11-19-15(20)17(4,18-16(19)21)14-9-7-13(8-10-14)12(2)3/h7-10,12H,5-6,11H2,1-4H3,(H,18,21)/t17-/m1/s1. The van der Waals surface area contributed by atoms with E-state index in [0.29, 0.717) is 12.5 Å². The molecule has 4 nitrogen and oxygen atoms in total. The quantitative estimate of drug-likeness (QED) is 0.844. The van der Waals surface area contributed by atoms with E-state index in [1.54, 1.807) is 6.92 Å². The van der Waals surface area contributed by atoms with Gasteiger partial charge in [-0.1, -0.05) is 51.5 Å². The number of unbranched alkanes of at least 4 members (excludes halogenated alkanes) is 1. The van der Waals surface area contributed by atoms with E-state index in [9.17, 15) is 9.59 Å². The first-order valence-electron chi connectivity index (χ1n) is 7.64. The van der Waals surface area contributed by atoms with Gasteiger partial charge in [-0.25, -0.2) is 4.79 Å². The van der Waals surface area contributed by atoms with E-state index in [0.717, 1.165) is 18.4 Å². The zero-order chi connectivity index (χ0) is 15.6. The van der Waals surface area contributed by atoms with Crippen LogP contribution in [0, 0.1) is 0 Å². The summed E-state index contributed by atoms with van der Waals surface area (Å²) in [5, 5.41) is 2.84. The fourth-order valence-electron chi connectivity index (χ4n) is 2.61. The van der Waals surface area contributed by atoms with Crippen LogP contribution in [0.1, 0.15) is 57.6 Å². The van der Waals surface area contributed by atoms with Crippen LogP contribution < -0.4 is 5.32 Å². The molecule has 1 fully saturated rings. The average molecular weight is 288 g/mol. The summed E-state index contributed by atoms with van der Waals surface area (Å²) in [5.74, 6) is 0.292. The molecule has 1 aliphatic rings. The Bertz CT molecular complexity index is 536. The smallest absolute Gasteiger partial charge is 0.319 e. The van der Waals surface area contributed by atoms with Gasteiger partial charge in [-0.2, -0.15) is 0 Å². The Kier molecular flexibility index (Phi) is 4.35. The molecule has 0 spiro atoms. The second-order valence-electron chi connectivity index (χ2n) is 6.14. The fourth-order valence-corrected chi connectivity index (χ4v) is 2.61. The summed E-state index contributed by atoms with van der Waals surface area (Å²) in [6.45, 7) is 8.57. The third-order valence-electron chi connectivity index (χ3n) is 4.16. The van der Waals surface area contributed by atoms with Crippen LogP contribution in [0.5, 0.6) is 0 Å². The Balaban J connectivity index is 2.26. The molecule has 1 saturated heterocycles. The maximum atomic E-state index is 12.6. The number of hydrogen-bond acceptors (Lipinski definition) is 2. The zero-order valence-electron chi connectivity index (χ0n) is 13.3. The van der Waals surface area contributed by atoms with Crippen molar-refractivity contribution in [1.82, 2.24) is 10.2 Å². The van der Waals surface area contributed by atoms with E-state index >= 15 is 0 Å². The van der Waals surface area contributed by atoms with E-state index < -0.39 is 5.54 Å². The van der Waals surface area contributed by atoms with Gasteiger partial charge in [0.15, 0.2) is 0 Å². The average Bonchev–Trinajstić information content (AvgIpc) is 2.68. The SMILES string of the molecule is CCCCN1C(=O)N[C@](C)(c2ccc(C(C)C)cc2)C1=O. The molecule has 1 aromatic carbocycles. The predicted molar refractivity (Wildman–Crippen MR) is 83.0 cm³/mol. The number of nitrogens with one attached hydrogen (secondary N) is 1. The molecular weight excluding hydrogens is 264 g/mol. The maximum absolute atomic E-state index is 12.6. The highest BCUT2D eigenvalue weighted by Crippen LogP contribution is 2.30. The Labute approximate surface area is 126 Å². The van der Waals surface area contributed by atoms with Gasteiger partial charge >= 0.3 is 6.03 Å². The van der Waals surface area contributed by atoms with Gasteiger partial charge in [0.1, 0.15) is 5.54 Å². The van der Waals surface area contributed by atoms with Crippen molar-refractivity contribution in [3.8, 4) is 0 Å². The molecule has 1 atom stereocenters. The van der Waals surface area contributed by atoms with E-state index in [-0.39, 0.29) is 11.9 Å². The number of nitrogens with zero attached hydrogens (tertiary/aromatic N) is 1. The number of carbonyl (C=O) groups is 2. The molecular formula is C17H24N2O2. The minimum absolute atomic E-state index is 0.154. The summed E-state index contributed by atoms with van der Waals surface area (Å²) in [7, 11) is 0. The highest BCUT2D eigenvalue weighted by Gasteiger charge is 2.48. The number of carbonyl (C=O) groups excluding carboxylic acids is 2. The van der Waals surface area contributed by atoms with Gasteiger partial charge in [-0.15, -0.1) is 0 Å². The largest absolute Gasteiger partial charge is 0.325 e. The van der Waals surface area contributed by atoms with Gasteiger partial charge in [-0.05, 0) is 30.4 Å². The molecule has 114 valence electrons. The van der Waals surface area contributed by atoms with Crippen LogP contribution in [0.25, 0.3) is 0 Å². The lowest BCUT2D eigenvalue weighted by Gasteiger charge is -2.22. The summed E-state index contributed by atoms with van der Waals surface area (Å²) in [6, 6.07) is 7.65. The number of imide groups is 1. The molecule has 0 aliphatic carbocycles. The van der Waals surface area contributed by atoms with Crippen molar-refractivity contribution >= 4 is 11.9 Å². The molecule has 1 aliphatic heterocycles. The summed E-state index contributed by atoms with van der Waals surface area (Å²) >= 11 is 0. The second-order valence-corrected chi connectivity index (χ2v) is 6.14. The normalized spacial score (nSPS) is 22.0. The monoisotopic (exact) mass is 288 g/mol. The molecule has 21 heavy (non-hydrogen) atoms. The fraction of sp³-hybridized carbons (Fsp3) is 0.529. The molecule has 4 heteroatoms. The molecule has 0 saturated carbocycles. The Morgan fingerprint density at radius 3 is 2.33 bits per heavy atom. The number of amides is 3. The highest BCUT2D eigenvalue weighted by molar-refractivity contribution is 6.07. The Morgan fingerprint density at radius 1 is 1.19 bits per heavy atom. The molecule has 0 unspecified atom stereocenters. The van der Waals surface area contributed by atoms with E-state index in [1.807, 2.05) is 31.2 Å². The molecule has 1 aromatic rings. The van der Waals surface area contributed by atoms with E-state index in [1.165, 1.54) is 10.5 Å². The Morgan fingerprint density at radius 2 is 1.81 bits per heavy atom. The van der Waals surface area contributed by atoms with Crippen LogP contribution in [-0.2, 0) is 10.3 Å². The van der Waals surface area contributed by atoms with Crippen molar-refractivity contribution in [2.24, 2.45) is 0 Å². The first-order chi connectivity index (χ1) is 9.90. The topological polar surface area (TPSA) is 49.4 Å². The highest BCUT2D eigenvalue weighted by atomic mass is 16.2. The van der Waals surface area contributed by atoms with Crippen molar-refractivity contribution in [2.75, 3.05) is 6.54 Å². The molecule has 0 radical (unpaired) electrons. The minimum Gasteiger partial charge on any atom is -0.319 e. The lowest BCUT2D eigenvalue weighted by Crippen LogP contribution is -2.41. The molecule has 1 N–H and O–H groups in total. The zero-order valence-corrected chi connectivity index (χ0v) is 13.3. The lowest BCUT2D eigenvalue weighted by atomic mass is 9.90. The molecule has 0 bridgehead atoms. The third-order valence-corrected chi connectivity index (χ3v) is 4.16. The van der Waals surface area contributed by atoms with Crippen LogP contribution in [0.15, 0.2) is 24.3 Å². The minimum atomic E-state index is -0.944. The van der Waals surface area contributed by atoms with Crippen molar-refractivity contribution < 1.29 is 9.59 Å². The van der Waals surface area contributed by atoms with Crippen LogP contribution in [0.3, 0.4) is 0 Å². The van der Waals surface area contributed by atoms with Crippen molar-refractivity contribution in [1.29, 1.82) is 0 Å². The van der Waals surface area contributed by atoms with Crippen LogP contribution in [0.2, 0.25) is 0 Å². The van der Waals surface area contributed by atoms with Crippen molar-refractivity contribution in [2.45, 2.75) is 52.0 Å². The molecule has 2 rings (SSSR count). The summed E-state index contributed by atoms with van der Waals surface area (Å²) in [4.78, 5) is 26.0. The maximum Gasteiger partial charge on any atom is 0.325 e. The predicted octanol–water partition coefficient (Wildman–Crippen LogP) is 3.38. The van der Waals surface area contributed by atoms with Gasteiger partial charge < -0.3 is 5.32 Å². The van der Waals surface area contributed by atoms with E-state index in [2.05, 4.69) is 19.2 Å². The van der Waals surface area contributed by atoms with Gasteiger partial charge in [0, 0.05) is 6.54 Å².